The molecule has 0 amide bonds. The van der Waals surface area contributed by atoms with Crippen molar-refractivity contribution >= 4 is 11.7 Å². The number of isocyanates is 1. The zero-order chi connectivity index (χ0) is 11.8. The highest BCUT2D eigenvalue weighted by Gasteiger charge is 1.99. The number of allylic oxidation sites excluding steroid dienone is 1. The smallest absolute Gasteiger partial charge is 0.211 e. The second-order valence-corrected chi connectivity index (χ2v) is 3.34. The third kappa shape index (κ3) is 4.39. The maximum Gasteiger partial charge on any atom is 0.234 e. The van der Waals surface area contributed by atoms with Crippen LogP contribution in [0.2, 0.25) is 0 Å². The second kappa shape index (κ2) is 6.74. The highest BCUT2D eigenvalue weighted by molar-refractivity contribution is 5.65. The monoisotopic (exact) mass is 203 g/mol. The van der Waals surface area contributed by atoms with Crippen molar-refractivity contribution in [3.05, 3.63) is 41.5 Å². The lowest BCUT2D eigenvalue weighted by Crippen LogP contribution is -1.87. The molecule has 0 aliphatic heterocycles. The van der Waals surface area contributed by atoms with Gasteiger partial charge >= 0.3 is 0 Å². The van der Waals surface area contributed by atoms with Crippen molar-refractivity contribution in [1.82, 2.24) is 0 Å². The molecule has 0 heterocycles. The van der Waals surface area contributed by atoms with Gasteiger partial charge in [0.25, 0.3) is 0 Å². The summed E-state index contributed by atoms with van der Waals surface area (Å²) in [7, 11) is 1.38. The predicted molar refractivity (Wildman–Crippen MR) is 64.7 cm³/mol. The molecular weight excluding hydrogens is 186 g/mol. The summed E-state index contributed by atoms with van der Waals surface area (Å²) in [6.45, 7) is 10.2. The molecule has 0 atom stereocenters. The number of aryl methyl sites for hydroxylation is 1. The van der Waals surface area contributed by atoms with Crippen LogP contribution in [0.25, 0.3) is 5.57 Å². The van der Waals surface area contributed by atoms with Crippen LogP contribution in [0.5, 0.6) is 0 Å². The molecule has 80 valence electrons. The van der Waals surface area contributed by atoms with Gasteiger partial charge < -0.3 is 0 Å². The Morgan fingerprint density at radius 3 is 2.27 bits per heavy atom. The molecule has 15 heavy (non-hydrogen) atoms. The largest absolute Gasteiger partial charge is 0.234 e. The number of benzene rings is 1. The summed E-state index contributed by atoms with van der Waals surface area (Å²) in [4.78, 5) is 11.8. The van der Waals surface area contributed by atoms with Gasteiger partial charge in [-0.3, -0.25) is 0 Å². The fourth-order valence-electron chi connectivity index (χ4n) is 1.21. The zero-order valence-corrected chi connectivity index (χ0v) is 9.79. The van der Waals surface area contributed by atoms with Gasteiger partial charge in [-0.1, -0.05) is 30.4 Å². The van der Waals surface area contributed by atoms with Gasteiger partial charge in [0.15, 0.2) is 0 Å². The van der Waals surface area contributed by atoms with Gasteiger partial charge in [0.05, 0.1) is 0 Å². The van der Waals surface area contributed by atoms with Crippen molar-refractivity contribution in [2.75, 3.05) is 7.05 Å². The average Bonchev–Trinajstić information content (AvgIpc) is 2.22. The lowest BCUT2D eigenvalue weighted by atomic mass is 9.99. The first-order valence-corrected chi connectivity index (χ1v) is 4.72. The highest BCUT2D eigenvalue weighted by Crippen LogP contribution is 2.18. The van der Waals surface area contributed by atoms with E-state index in [9.17, 15) is 0 Å². The Hall–Kier alpha value is -1.66. The SMILES string of the molecule is C=C(C)c1cccc(C)c1C.CN=C=O. The summed E-state index contributed by atoms with van der Waals surface area (Å²) >= 11 is 0. The van der Waals surface area contributed by atoms with E-state index in [-0.39, 0.29) is 0 Å². The molecule has 0 aliphatic rings. The van der Waals surface area contributed by atoms with E-state index >= 15 is 0 Å². The molecule has 0 aromatic heterocycles. The van der Waals surface area contributed by atoms with Crippen LogP contribution in [-0.2, 0) is 4.79 Å². The van der Waals surface area contributed by atoms with Crippen LogP contribution >= 0.6 is 0 Å². The van der Waals surface area contributed by atoms with Crippen molar-refractivity contribution in [3.8, 4) is 0 Å². The lowest BCUT2D eigenvalue weighted by Gasteiger charge is -2.06. The normalized spacial score (nSPS) is 8.27. The van der Waals surface area contributed by atoms with E-state index in [0.717, 1.165) is 5.57 Å². The van der Waals surface area contributed by atoms with Crippen LogP contribution in [0.1, 0.15) is 23.6 Å². The molecule has 1 aromatic carbocycles. The van der Waals surface area contributed by atoms with Crippen molar-refractivity contribution in [3.63, 3.8) is 0 Å². The Labute approximate surface area is 91.4 Å². The van der Waals surface area contributed by atoms with Crippen molar-refractivity contribution in [1.29, 1.82) is 0 Å². The Morgan fingerprint density at radius 2 is 1.93 bits per heavy atom. The van der Waals surface area contributed by atoms with Crippen LogP contribution in [0.4, 0.5) is 0 Å². The number of hydrogen-bond acceptors (Lipinski definition) is 2. The Balaban J connectivity index is 0.000000423. The number of aliphatic imine (C=N–C) groups is 1. The standard InChI is InChI=1S/C11H14.C2H3NO/c1-8(2)11-7-5-6-9(3)10(11)4;1-3-2-4/h5-7H,1H2,2-4H3;1H3. The molecule has 0 aliphatic carbocycles. The molecular formula is C13H17NO. The first-order valence-electron chi connectivity index (χ1n) is 4.72. The van der Waals surface area contributed by atoms with Crippen LogP contribution in [0.3, 0.4) is 0 Å². The van der Waals surface area contributed by atoms with Crippen molar-refractivity contribution in [2.45, 2.75) is 20.8 Å². The maximum atomic E-state index is 8.88. The third-order valence-electron chi connectivity index (χ3n) is 2.16. The van der Waals surface area contributed by atoms with Crippen LogP contribution in [0.15, 0.2) is 29.8 Å². The molecule has 2 nitrogen and oxygen atoms in total. The van der Waals surface area contributed by atoms with Gasteiger partial charge in [0.1, 0.15) is 0 Å². The predicted octanol–water partition coefficient (Wildman–Crippen LogP) is 3.29. The number of hydrogen-bond donors (Lipinski definition) is 0. The third-order valence-corrected chi connectivity index (χ3v) is 2.16. The molecule has 0 saturated carbocycles. The molecule has 0 saturated heterocycles. The molecule has 0 bridgehead atoms. The lowest BCUT2D eigenvalue weighted by molar-refractivity contribution is 0.564. The molecule has 0 spiro atoms. The molecule has 1 aromatic rings. The summed E-state index contributed by atoms with van der Waals surface area (Å²) < 4.78 is 0. The molecule has 2 heteroatoms. The number of rotatable bonds is 1. The summed E-state index contributed by atoms with van der Waals surface area (Å²) in [5.41, 5.74) is 5.11. The number of carbonyl (C=O) groups excluding carboxylic acids is 1. The minimum absolute atomic E-state index is 1.14. The molecule has 0 N–H and O–H groups in total. The molecule has 0 fully saturated rings. The van der Waals surface area contributed by atoms with Gasteiger partial charge in [0, 0.05) is 7.05 Å². The van der Waals surface area contributed by atoms with E-state index in [0.29, 0.717) is 0 Å². The van der Waals surface area contributed by atoms with E-state index in [1.165, 1.54) is 29.8 Å². The molecule has 0 unspecified atom stereocenters. The topological polar surface area (TPSA) is 29.4 Å². The minimum Gasteiger partial charge on any atom is -0.211 e. The molecule has 1 rings (SSSR count). The van der Waals surface area contributed by atoms with Crippen molar-refractivity contribution < 1.29 is 4.79 Å². The Morgan fingerprint density at radius 1 is 1.40 bits per heavy atom. The maximum absolute atomic E-state index is 8.88. The molecule has 0 radical (unpaired) electrons. The second-order valence-electron chi connectivity index (χ2n) is 3.34. The fraction of sp³-hybridized carbons (Fsp3) is 0.308. The van der Waals surface area contributed by atoms with E-state index in [4.69, 9.17) is 4.79 Å². The first kappa shape index (κ1) is 13.3. The van der Waals surface area contributed by atoms with E-state index < -0.39 is 0 Å². The van der Waals surface area contributed by atoms with Gasteiger partial charge in [0.2, 0.25) is 6.08 Å². The van der Waals surface area contributed by atoms with E-state index in [2.05, 4.69) is 43.6 Å². The van der Waals surface area contributed by atoms with Gasteiger partial charge in [-0.25, -0.2) is 9.79 Å². The summed E-state index contributed by atoms with van der Waals surface area (Å²) in [5, 5.41) is 0. The highest BCUT2D eigenvalue weighted by atomic mass is 16.1. The zero-order valence-electron chi connectivity index (χ0n) is 9.79. The fourth-order valence-corrected chi connectivity index (χ4v) is 1.21. The average molecular weight is 203 g/mol. The van der Waals surface area contributed by atoms with E-state index in [1.807, 2.05) is 6.92 Å². The van der Waals surface area contributed by atoms with E-state index in [1.54, 1.807) is 0 Å². The van der Waals surface area contributed by atoms with Gasteiger partial charge in [-0.05, 0) is 37.5 Å². The summed E-state index contributed by atoms with van der Waals surface area (Å²) in [6, 6.07) is 6.32. The van der Waals surface area contributed by atoms with Gasteiger partial charge in [-0.2, -0.15) is 0 Å². The Kier molecular flexibility index (Phi) is 6.00. The summed E-state index contributed by atoms with van der Waals surface area (Å²) in [6.07, 6.45) is 1.31. The van der Waals surface area contributed by atoms with Crippen LogP contribution in [-0.4, -0.2) is 13.1 Å². The van der Waals surface area contributed by atoms with Crippen LogP contribution < -0.4 is 0 Å². The van der Waals surface area contributed by atoms with Crippen LogP contribution in [0, 0.1) is 13.8 Å². The van der Waals surface area contributed by atoms with Crippen molar-refractivity contribution in [2.24, 2.45) is 4.99 Å². The van der Waals surface area contributed by atoms with Gasteiger partial charge in [-0.15, -0.1) is 0 Å². The quantitative estimate of drug-likeness (QED) is 0.508. The first-order chi connectivity index (χ1) is 7.04. The number of nitrogens with zero attached hydrogens (tertiary/aromatic N) is 1. The Bertz CT molecular complexity index is 388. The minimum atomic E-state index is 1.14. The summed E-state index contributed by atoms with van der Waals surface area (Å²) in [5.74, 6) is 0.